The molecule has 0 aliphatic carbocycles. The van der Waals surface area contributed by atoms with E-state index in [1.165, 1.54) is 10.9 Å². The van der Waals surface area contributed by atoms with Crippen LogP contribution in [-0.2, 0) is 17.9 Å². The summed E-state index contributed by atoms with van der Waals surface area (Å²) in [5.74, 6) is -0.267. The Morgan fingerprint density at radius 2 is 1.96 bits per heavy atom. The first-order valence-electron chi connectivity index (χ1n) is 7.85. The summed E-state index contributed by atoms with van der Waals surface area (Å²) >= 11 is 0. The van der Waals surface area contributed by atoms with E-state index in [-0.39, 0.29) is 18.0 Å². The molecule has 0 atom stereocenters. The monoisotopic (exact) mass is 333 g/mol. The van der Waals surface area contributed by atoms with Crippen LogP contribution in [0.5, 0.6) is 0 Å². The van der Waals surface area contributed by atoms with E-state index in [0.717, 1.165) is 11.2 Å². The number of carbonyl (C=O) groups is 1. The topological polar surface area (TPSA) is 81.3 Å². The van der Waals surface area contributed by atoms with Gasteiger partial charge in [0.1, 0.15) is 6.54 Å². The number of hydrogen-bond acceptors (Lipinski definition) is 4. The summed E-state index contributed by atoms with van der Waals surface area (Å²) < 4.78 is 3.06. The van der Waals surface area contributed by atoms with Gasteiger partial charge in [0.05, 0.1) is 35.0 Å². The second-order valence-corrected chi connectivity index (χ2v) is 5.68. The van der Waals surface area contributed by atoms with Crippen LogP contribution in [0.2, 0.25) is 0 Å². The van der Waals surface area contributed by atoms with Crippen molar-refractivity contribution in [2.45, 2.75) is 13.1 Å². The van der Waals surface area contributed by atoms with Crippen molar-refractivity contribution in [2.75, 3.05) is 0 Å². The predicted molar refractivity (Wildman–Crippen MR) is 93.0 cm³/mol. The molecule has 0 aliphatic rings. The fourth-order valence-electron chi connectivity index (χ4n) is 2.70. The van der Waals surface area contributed by atoms with Crippen LogP contribution in [0.3, 0.4) is 0 Å². The van der Waals surface area contributed by atoms with Gasteiger partial charge in [-0.1, -0.05) is 18.2 Å². The number of nitrogens with one attached hydrogen (secondary N) is 1. The standard InChI is InChI=1S/C18H15N5O2/c24-17(19-10-13-9-14-5-3-4-8-23(14)21-13)11-22-12-20-16-7-2-1-6-15(16)18(22)25/h1-9,12H,10-11H2,(H,19,24). The summed E-state index contributed by atoms with van der Waals surface area (Å²) in [7, 11) is 0. The molecule has 7 nitrogen and oxygen atoms in total. The lowest BCUT2D eigenvalue weighted by molar-refractivity contribution is -0.121. The molecule has 0 fully saturated rings. The molecule has 3 heterocycles. The lowest BCUT2D eigenvalue weighted by Crippen LogP contribution is -2.32. The Hall–Kier alpha value is -3.48. The molecule has 25 heavy (non-hydrogen) atoms. The third-order valence-corrected chi connectivity index (χ3v) is 3.93. The number of pyridine rings is 1. The number of amides is 1. The molecule has 4 rings (SSSR count). The van der Waals surface area contributed by atoms with Crippen LogP contribution in [0.25, 0.3) is 16.4 Å². The highest BCUT2D eigenvalue weighted by atomic mass is 16.2. The molecule has 4 aromatic rings. The van der Waals surface area contributed by atoms with E-state index in [2.05, 4.69) is 15.4 Å². The van der Waals surface area contributed by atoms with Crippen LogP contribution in [-0.4, -0.2) is 25.1 Å². The largest absolute Gasteiger partial charge is 0.349 e. The van der Waals surface area contributed by atoms with E-state index >= 15 is 0 Å². The average Bonchev–Trinajstić information content (AvgIpc) is 3.06. The summed E-state index contributed by atoms with van der Waals surface area (Å²) in [5.41, 5.74) is 2.10. The molecule has 124 valence electrons. The summed E-state index contributed by atoms with van der Waals surface area (Å²) in [6.07, 6.45) is 3.25. The van der Waals surface area contributed by atoms with Gasteiger partial charge in [-0.05, 0) is 30.3 Å². The number of nitrogens with zero attached hydrogens (tertiary/aromatic N) is 4. The number of benzene rings is 1. The lowest BCUT2D eigenvalue weighted by atomic mass is 10.2. The Morgan fingerprint density at radius 3 is 2.84 bits per heavy atom. The van der Waals surface area contributed by atoms with Crippen molar-refractivity contribution in [2.24, 2.45) is 0 Å². The zero-order valence-electron chi connectivity index (χ0n) is 13.3. The number of fused-ring (bicyclic) bond motifs is 2. The molecule has 1 N–H and O–H groups in total. The first kappa shape index (κ1) is 15.1. The highest BCUT2D eigenvalue weighted by molar-refractivity contribution is 5.78. The van der Waals surface area contributed by atoms with Crippen molar-refractivity contribution in [3.05, 3.63) is 77.1 Å². The quantitative estimate of drug-likeness (QED) is 0.611. The minimum atomic E-state index is -0.267. The number of rotatable bonds is 4. The van der Waals surface area contributed by atoms with Gasteiger partial charge in [0.15, 0.2) is 0 Å². The van der Waals surface area contributed by atoms with Crippen molar-refractivity contribution < 1.29 is 4.79 Å². The molecule has 1 aromatic carbocycles. The van der Waals surface area contributed by atoms with E-state index in [1.807, 2.05) is 36.5 Å². The van der Waals surface area contributed by atoms with E-state index in [9.17, 15) is 9.59 Å². The van der Waals surface area contributed by atoms with Gasteiger partial charge in [-0.2, -0.15) is 5.10 Å². The molecule has 0 bridgehead atoms. The van der Waals surface area contributed by atoms with Crippen LogP contribution in [0.1, 0.15) is 5.69 Å². The van der Waals surface area contributed by atoms with E-state index in [4.69, 9.17) is 0 Å². The van der Waals surface area contributed by atoms with Crippen LogP contribution in [0, 0.1) is 0 Å². The van der Waals surface area contributed by atoms with Crippen LogP contribution >= 0.6 is 0 Å². The third-order valence-electron chi connectivity index (χ3n) is 3.93. The van der Waals surface area contributed by atoms with Crippen molar-refractivity contribution in [3.8, 4) is 0 Å². The minimum Gasteiger partial charge on any atom is -0.349 e. The molecular formula is C18H15N5O2. The van der Waals surface area contributed by atoms with Gasteiger partial charge in [0.25, 0.3) is 5.56 Å². The smallest absolute Gasteiger partial charge is 0.261 e. The van der Waals surface area contributed by atoms with Gasteiger partial charge in [0, 0.05) is 6.20 Å². The summed E-state index contributed by atoms with van der Waals surface area (Å²) in [6.45, 7) is 0.223. The Balaban J connectivity index is 1.47. The lowest BCUT2D eigenvalue weighted by Gasteiger charge is -2.07. The van der Waals surface area contributed by atoms with Crippen LogP contribution in [0.4, 0.5) is 0 Å². The SMILES string of the molecule is O=C(Cn1cnc2ccccc2c1=O)NCc1cc2ccccn2n1. The Labute approximate surface area is 142 Å². The van der Waals surface area contributed by atoms with Crippen molar-refractivity contribution in [1.82, 2.24) is 24.5 Å². The highest BCUT2D eigenvalue weighted by Crippen LogP contribution is 2.06. The van der Waals surface area contributed by atoms with Gasteiger partial charge in [-0.15, -0.1) is 0 Å². The Bertz CT molecular complexity index is 1100. The number of carbonyl (C=O) groups excluding carboxylic acids is 1. The van der Waals surface area contributed by atoms with Gasteiger partial charge in [0.2, 0.25) is 5.91 Å². The maximum absolute atomic E-state index is 12.4. The molecule has 0 unspecified atom stereocenters. The summed E-state index contributed by atoms with van der Waals surface area (Å²) in [5, 5.41) is 7.65. The average molecular weight is 333 g/mol. The Morgan fingerprint density at radius 1 is 1.12 bits per heavy atom. The molecule has 0 aliphatic heterocycles. The van der Waals surface area contributed by atoms with Gasteiger partial charge in [-0.25, -0.2) is 9.50 Å². The van der Waals surface area contributed by atoms with Crippen LogP contribution in [0.15, 0.2) is 65.8 Å². The second-order valence-electron chi connectivity index (χ2n) is 5.68. The van der Waals surface area contributed by atoms with Gasteiger partial charge >= 0.3 is 0 Å². The molecule has 0 saturated carbocycles. The third kappa shape index (κ3) is 2.99. The zero-order valence-corrected chi connectivity index (χ0v) is 13.3. The Kier molecular flexibility index (Phi) is 3.74. The molecule has 0 saturated heterocycles. The second kappa shape index (κ2) is 6.20. The normalized spacial score (nSPS) is 11.0. The van der Waals surface area contributed by atoms with E-state index < -0.39 is 0 Å². The molecule has 7 heteroatoms. The summed E-state index contributed by atoms with van der Waals surface area (Å²) in [4.78, 5) is 28.7. The molecule has 1 amide bonds. The fourth-order valence-corrected chi connectivity index (χ4v) is 2.70. The number of para-hydroxylation sites is 1. The number of aromatic nitrogens is 4. The maximum atomic E-state index is 12.4. The van der Waals surface area contributed by atoms with Crippen LogP contribution < -0.4 is 10.9 Å². The first-order valence-corrected chi connectivity index (χ1v) is 7.85. The number of hydrogen-bond donors (Lipinski definition) is 1. The van der Waals surface area contributed by atoms with Gasteiger partial charge < -0.3 is 5.32 Å². The fraction of sp³-hybridized carbons (Fsp3) is 0.111. The maximum Gasteiger partial charge on any atom is 0.261 e. The molecular weight excluding hydrogens is 318 g/mol. The summed E-state index contributed by atoms with van der Waals surface area (Å²) in [6, 6.07) is 14.7. The van der Waals surface area contributed by atoms with E-state index in [1.54, 1.807) is 22.7 Å². The van der Waals surface area contributed by atoms with E-state index in [0.29, 0.717) is 17.4 Å². The van der Waals surface area contributed by atoms with Crippen molar-refractivity contribution in [3.63, 3.8) is 0 Å². The van der Waals surface area contributed by atoms with Crippen molar-refractivity contribution >= 4 is 22.3 Å². The molecule has 0 spiro atoms. The minimum absolute atomic E-state index is 0.0793. The van der Waals surface area contributed by atoms with Gasteiger partial charge in [-0.3, -0.25) is 14.2 Å². The molecule has 3 aromatic heterocycles. The molecule has 0 radical (unpaired) electrons. The highest BCUT2D eigenvalue weighted by Gasteiger charge is 2.09. The first-order chi connectivity index (χ1) is 12.2. The zero-order chi connectivity index (χ0) is 17.2. The predicted octanol–water partition coefficient (Wildman–Crippen LogP) is 1.36. The van der Waals surface area contributed by atoms with Crippen molar-refractivity contribution in [1.29, 1.82) is 0 Å².